The number of rotatable bonds is 4. The molecule has 0 fully saturated rings. The SMILES string of the molecule is COC(=O)c1cccc(COc2ccc(C(C)(C)C)cc2)c1. The Hall–Kier alpha value is -2.29. The lowest BCUT2D eigenvalue weighted by Crippen LogP contribution is -2.10. The molecule has 0 N–H and O–H groups in total. The molecule has 0 saturated heterocycles. The van der Waals surface area contributed by atoms with Crippen LogP contribution in [0.5, 0.6) is 5.75 Å². The highest BCUT2D eigenvalue weighted by atomic mass is 16.5. The van der Waals surface area contributed by atoms with E-state index in [1.165, 1.54) is 12.7 Å². The van der Waals surface area contributed by atoms with Gasteiger partial charge in [-0.1, -0.05) is 45.0 Å². The van der Waals surface area contributed by atoms with Gasteiger partial charge in [0.1, 0.15) is 12.4 Å². The molecule has 0 aliphatic rings. The van der Waals surface area contributed by atoms with Gasteiger partial charge in [0.2, 0.25) is 0 Å². The zero-order valence-corrected chi connectivity index (χ0v) is 13.6. The first-order valence-corrected chi connectivity index (χ1v) is 7.31. The Morgan fingerprint density at radius 1 is 1.05 bits per heavy atom. The molecule has 0 unspecified atom stereocenters. The Morgan fingerprint density at radius 2 is 1.73 bits per heavy atom. The molecule has 0 saturated carbocycles. The monoisotopic (exact) mass is 298 g/mol. The number of benzene rings is 2. The van der Waals surface area contributed by atoms with Crippen LogP contribution in [-0.4, -0.2) is 13.1 Å². The molecule has 0 atom stereocenters. The van der Waals surface area contributed by atoms with Crippen molar-refractivity contribution in [2.45, 2.75) is 32.8 Å². The van der Waals surface area contributed by atoms with Crippen LogP contribution in [-0.2, 0) is 16.8 Å². The topological polar surface area (TPSA) is 35.5 Å². The summed E-state index contributed by atoms with van der Waals surface area (Å²) in [5, 5.41) is 0. The molecule has 0 heterocycles. The van der Waals surface area contributed by atoms with E-state index in [0.717, 1.165) is 11.3 Å². The van der Waals surface area contributed by atoms with Crippen LogP contribution < -0.4 is 4.74 Å². The van der Waals surface area contributed by atoms with Crippen LogP contribution in [0.4, 0.5) is 0 Å². The van der Waals surface area contributed by atoms with Gasteiger partial charge in [-0.15, -0.1) is 0 Å². The molecular weight excluding hydrogens is 276 g/mol. The molecule has 116 valence electrons. The van der Waals surface area contributed by atoms with E-state index in [2.05, 4.69) is 32.9 Å². The summed E-state index contributed by atoms with van der Waals surface area (Å²) in [6, 6.07) is 15.4. The number of hydrogen-bond acceptors (Lipinski definition) is 3. The van der Waals surface area contributed by atoms with Crippen LogP contribution >= 0.6 is 0 Å². The van der Waals surface area contributed by atoms with E-state index >= 15 is 0 Å². The third kappa shape index (κ3) is 4.10. The Morgan fingerprint density at radius 3 is 2.32 bits per heavy atom. The van der Waals surface area contributed by atoms with E-state index in [1.54, 1.807) is 12.1 Å². The first-order valence-electron chi connectivity index (χ1n) is 7.31. The van der Waals surface area contributed by atoms with E-state index in [4.69, 9.17) is 9.47 Å². The highest BCUT2D eigenvalue weighted by molar-refractivity contribution is 5.89. The van der Waals surface area contributed by atoms with Crippen molar-refractivity contribution in [3.63, 3.8) is 0 Å². The summed E-state index contributed by atoms with van der Waals surface area (Å²) in [7, 11) is 1.38. The van der Waals surface area contributed by atoms with Gasteiger partial charge in [0.05, 0.1) is 12.7 Å². The average Bonchev–Trinajstić information content (AvgIpc) is 2.52. The lowest BCUT2D eigenvalue weighted by molar-refractivity contribution is 0.0600. The number of carbonyl (C=O) groups is 1. The molecule has 0 aromatic heterocycles. The largest absolute Gasteiger partial charge is 0.489 e. The molecule has 0 aliphatic heterocycles. The second-order valence-electron chi connectivity index (χ2n) is 6.26. The van der Waals surface area contributed by atoms with Gasteiger partial charge in [0.15, 0.2) is 0 Å². The first-order chi connectivity index (χ1) is 10.4. The van der Waals surface area contributed by atoms with Crippen molar-refractivity contribution in [2.75, 3.05) is 7.11 Å². The van der Waals surface area contributed by atoms with Crippen LogP contribution in [0.2, 0.25) is 0 Å². The van der Waals surface area contributed by atoms with E-state index < -0.39 is 0 Å². The van der Waals surface area contributed by atoms with Gasteiger partial charge in [-0.25, -0.2) is 4.79 Å². The third-order valence-electron chi connectivity index (χ3n) is 3.47. The minimum absolute atomic E-state index is 0.132. The minimum atomic E-state index is -0.337. The van der Waals surface area contributed by atoms with Gasteiger partial charge in [-0.2, -0.15) is 0 Å². The predicted octanol–water partition coefficient (Wildman–Crippen LogP) is 4.35. The molecule has 0 bridgehead atoms. The van der Waals surface area contributed by atoms with Crippen LogP contribution in [0, 0.1) is 0 Å². The molecule has 0 amide bonds. The summed E-state index contributed by atoms with van der Waals surface area (Å²) >= 11 is 0. The number of methoxy groups -OCH3 is 1. The number of hydrogen-bond donors (Lipinski definition) is 0. The Labute approximate surface area is 131 Å². The Bertz CT molecular complexity index is 636. The second kappa shape index (κ2) is 6.65. The van der Waals surface area contributed by atoms with Crippen molar-refractivity contribution in [3.05, 3.63) is 65.2 Å². The van der Waals surface area contributed by atoms with Gasteiger partial charge in [-0.05, 0) is 40.8 Å². The zero-order chi connectivity index (χ0) is 16.2. The van der Waals surface area contributed by atoms with Crippen molar-refractivity contribution < 1.29 is 14.3 Å². The molecule has 3 heteroatoms. The maximum absolute atomic E-state index is 11.5. The molecule has 0 aliphatic carbocycles. The highest BCUT2D eigenvalue weighted by Gasteiger charge is 2.13. The molecule has 0 spiro atoms. The molecule has 22 heavy (non-hydrogen) atoms. The summed E-state index contributed by atoms with van der Waals surface area (Å²) in [6.07, 6.45) is 0. The third-order valence-corrected chi connectivity index (χ3v) is 3.47. The molecule has 3 nitrogen and oxygen atoms in total. The maximum Gasteiger partial charge on any atom is 0.337 e. The molecule has 2 aromatic rings. The quantitative estimate of drug-likeness (QED) is 0.787. The fourth-order valence-corrected chi connectivity index (χ4v) is 2.12. The lowest BCUT2D eigenvalue weighted by Gasteiger charge is -2.19. The number of carbonyl (C=O) groups excluding carboxylic acids is 1. The number of esters is 1. The summed E-state index contributed by atoms with van der Waals surface area (Å²) < 4.78 is 10.5. The van der Waals surface area contributed by atoms with Crippen molar-refractivity contribution in [1.82, 2.24) is 0 Å². The maximum atomic E-state index is 11.5. The van der Waals surface area contributed by atoms with Gasteiger partial charge >= 0.3 is 5.97 Å². The van der Waals surface area contributed by atoms with Gasteiger partial charge in [0, 0.05) is 0 Å². The average molecular weight is 298 g/mol. The second-order valence-corrected chi connectivity index (χ2v) is 6.26. The number of ether oxygens (including phenoxy) is 2. The summed E-state index contributed by atoms with van der Waals surface area (Å²) in [5.41, 5.74) is 2.87. The van der Waals surface area contributed by atoms with Crippen molar-refractivity contribution in [2.24, 2.45) is 0 Å². The smallest absolute Gasteiger partial charge is 0.337 e. The van der Waals surface area contributed by atoms with Gasteiger partial charge in [-0.3, -0.25) is 0 Å². The van der Waals surface area contributed by atoms with Crippen molar-refractivity contribution >= 4 is 5.97 Å². The normalized spacial score (nSPS) is 11.1. The van der Waals surface area contributed by atoms with Gasteiger partial charge in [0.25, 0.3) is 0 Å². The van der Waals surface area contributed by atoms with Gasteiger partial charge < -0.3 is 9.47 Å². The standard InChI is InChI=1S/C19H22O3/c1-19(2,3)16-8-10-17(11-9-16)22-13-14-6-5-7-15(12-14)18(20)21-4/h5-12H,13H2,1-4H3. The summed E-state index contributed by atoms with van der Waals surface area (Å²) in [4.78, 5) is 11.5. The molecular formula is C19H22O3. The Balaban J connectivity index is 2.03. The predicted molar refractivity (Wildman–Crippen MR) is 87.3 cm³/mol. The summed E-state index contributed by atoms with van der Waals surface area (Å²) in [5.74, 6) is 0.479. The fraction of sp³-hybridized carbons (Fsp3) is 0.316. The lowest BCUT2D eigenvalue weighted by atomic mass is 9.87. The zero-order valence-electron chi connectivity index (χ0n) is 13.6. The minimum Gasteiger partial charge on any atom is -0.489 e. The summed E-state index contributed by atoms with van der Waals surface area (Å²) in [6.45, 7) is 6.96. The van der Waals surface area contributed by atoms with E-state index in [-0.39, 0.29) is 11.4 Å². The first kappa shape index (κ1) is 16.1. The Kier molecular flexibility index (Phi) is 4.86. The van der Waals surface area contributed by atoms with Crippen molar-refractivity contribution in [1.29, 1.82) is 0 Å². The van der Waals surface area contributed by atoms with Crippen LogP contribution in [0.3, 0.4) is 0 Å². The molecule has 2 aromatic carbocycles. The fourth-order valence-electron chi connectivity index (χ4n) is 2.12. The van der Waals surface area contributed by atoms with Crippen LogP contribution in [0.1, 0.15) is 42.3 Å². The molecule has 2 rings (SSSR count). The van der Waals surface area contributed by atoms with Crippen LogP contribution in [0.15, 0.2) is 48.5 Å². The van der Waals surface area contributed by atoms with E-state index in [9.17, 15) is 4.79 Å². The molecule has 0 radical (unpaired) electrons. The van der Waals surface area contributed by atoms with E-state index in [1.807, 2.05) is 24.3 Å². The van der Waals surface area contributed by atoms with Crippen LogP contribution in [0.25, 0.3) is 0 Å². The highest BCUT2D eigenvalue weighted by Crippen LogP contribution is 2.24. The van der Waals surface area contributed by atoms with E-state index in [0.29, 0.717) is 12.2 Å². The van der Waals surface area contributed by atoms with Crippen molar-refractivity contribution in [3.8, 4) is 5.75 Å².